The van der Waals surface area contributed by atoms with Gasteiger partial charge in [0.15, 0.2) is 0 Å². The number of nitrogens with two attached hydrogens (primary N) is 1. The molecule has 5 N–H and O–H groups in total. The van der Waals surface area contributed by atoms with Crippen LogP contribution in [-0.2, 0) is 4.74 Å². The lowest BCUT2D eigenvalue weighted by molar-refractivity contribution is -0.0460. The second-order valence-corrected chi connectivity index (χ2v) is 4.81. The van der Waals surface area contributed by atoms with Gasteiger partial charge in [0.25, 0.3) is 0 Å². The van der Waals surface area contributed by atoms with Crippen LogP contribution in [0.25, 0.3) is 0 Å². The Kier molecular flexibility index (Phi) is 4.39. The smallest absolute Gasteiger partial charge is 0.351 e. The van der Waals surface area contributed by atoms with Crippen molar-refractivity contribution in [2.75, 3.05) is 12.3 Å². The molecular formula is C12H19N3O5. The lowest BCUT2D eigenvalue weighted by Crippen LogP contribution is -2.29. The van der Waals surface area contributed by atoms with Crippen molar-refractivity contribution in [3.05, 3.63) is 22.2 Å². The average Bonchev–Trinajstić information content (AvgIpc) is 2.79. The molecule has 0 aromatic carbocycles. The Morgan fingerprint density at radius 3 is 2.90 bits per heavy atom. The molecule has 0 bridgehead atoms. The number of aliphatic hydroxyl groups excluding tert-OH is 3. The number of aliphatic hydroxyl groups is 3. The van der Waals surface area contributed by atoms with Gasteiger partial charge in [0, 0.05) is 18.2 Å². The van der Waals surface area contributed by atoms with Crippen LogP contribution in [0.1, 0.15) is 37.7 Å². The third-order valence-corrected chi connectivity index (χ3v) is 3.45. The summed E-state index contributed by atoms with van der Waals surface area (Å²) in [5.41, 5.74) is 5.36. The molecule has 1 aromatic rings. The van der Waals surface area contributed by atoms with Crippen LogP contribution >= 0.6 is 0 Å². The van der Waals surface area contributed by atoms with Gasteiger partial charge in [-0.25, -0.2) is 4.79 Å². The summed E-state index contributed by atoms with van der Waals surface area (Å²) in [5.74, 6) is -0.0159. The molecule has 1 saturated heterocycles. The molecule has 2 heterocycles. The van der Waals surface area contributed by atoms with Crippen molar-refractivity contribution in [2.24, 2.45) is 0 Å². The van der Waals surface area contributed by atoms with Crippen LogP contribution in [0.5, 0.6) is 0 Å². The highest BCUT2D eigenvalue weighted by Crippen LogP contribution is 2.29. The quantitative estimate of drug-likeness (QED) is 0.552. The summed E-state index contributed by atoms with van der Waals surface area (Å²) in [5, 5.41) is 28.6. The van der Waals surface area contributed by atoms with Gasteiger partial charge in [-0.05, 0) is 6.42 Å². The fourth-order valence-electron chi connectivity index (χ4n) is 2.23. The van der Waals surface area contributed by atoms with E-state index in [4.69, 9.17) is 15.6 Å². The van der Waals surface area contributed by atoms with Gasteiger partial charge in [0.1, 0.15) is 18.1 Å². The topological polar surface area (TPSA) is 131 Å². The first-order valence-electron chi connectivity index (χ1n) is 6.48. The fraction of sp³-hybridized carbons (Fsp3) is 0.667. The molecule has 20 heavy (non-hydrogen) atoms. The van der Waals surface area contributed by atoms with Crippen molar-refractivity contribution in [1.29, 1.82) is 0 Å². The number of anilines is 1. The van der Waals surface area contributed by atoms with Gasteiger partial charge < -0.3 is 25.8 Å². The number of nitrogens with zero attached hydrogens (tertiary/aromatic N) is 2. The first-order valence-corrected chi connectivity index (χ1v) is 6.48. The highest BCUT2D eigenvalue weighted by molar-refractivity contribution is 5.38. The van der Waals surface area contributed by atoms with Gasteiger partial charge in [-0.1, -0.05) is 6.92 Å². The SMILES string of the molecule is CC[C@@H](O)c1cn([C@H]2CC(O)[C@@H](CO)O2)c(=O)nc1N. The van der Waals surface area contributed by atoms with Crippen molar-refractivity contribution in [3.8, 4) is 0 Å². The number of aromatic nitrogens is 2. The van der Waals surface area contributed by atoms with E-state index in [9.17, 15) is 15.0 Å². The monoisotopic (exact) mass is 285 g/mol. The molecule has 1 fully saturated rings. The van der Waals surface area contributed by atoms with E-state index in [0.717, 1.165) is 0 Å². The zero-order valence-electron chi connectivity index (χ0n) is 11.1. The number of hydrogen-bond donors (Lipinski definition) is 4. The minimum absolute atomic E-state index is 0.0159. The maximum atomic E-state index is 11.9. The van der Waals surface area contributed by atoms with Crippen LogP contribution in [0, 0.1) is 0 Å². The second-order valence-electron chi connectivity index (χ2n) is 4.81. The lowest BCUT2D eigenvalue weighted by atomic mass is 10.1. The first kappa shape index (κ1) is 14.9. The van der Waals surface area contributed by atoms with Crippen LogP contribution < -0.4 is 11.4 Å². The van der Waals surface area contributed by atoms with Crippen LogP contribution in [0.4, 0.5) is 5.82 Å². The van der Waals surface area contributed by atoms with Gasteiger partial charge >= 0.3 is 5.69 Å². The minimum Gasteiger partial charge on any atom is -0.394 e. The molecule has 1 unspecified atom stereocenters. The fourth-order valence-corrected chi connectivity index (χ4v) is 2.23. The molecule has 0 saturated carbocycles. The van der Waals surface area contributed by atoms with Crippen LogP contribution in [0.2, 0.25) is 0 Å². The standard InChI is InChI=1S/C12H19N3O5/c1-2-7(17)6-4-15(12(19)14-11(6)13)10-3-8(18)9(5-16)20-10/h4,7-10,16-18H,2-3,5H2,1H3,(H2,13,14,19)/t7-,8?,9-,10-/m1/s1. The molecule has 1 aromatic heterocycles. The van der Waals surface area contributed by atoms with Gasteiger partial charge in [-0.2, -0.15) is 4.98 Å². The summed E-state index contributed by atoms with van der Waals surface area (Å²) in [6, 6.07) is 0. The highest BCUT2D eigenvalue weighted by Gasteiger charge is 2.35. The largest absolute Gasteiger partial charge is 0.394 e. The third kappa shape index (κ3) is 2.68. The second kappa shape index (κ2) is 5.88. The molecule has 4 atom stereocenters. The highest BCUT2D eigenvalue weighted by atomic mass is 16.5. The maximum absolute atomic E-state index is 11.9. The zero-order chi connectivity index (χ0) is 14.9. The molecule has 1 aliphatic rings. The van der Waals surface area contributed by atoms with E-state index in [1.54, 1.807) is 6.92 Å². The van der Waals surface area contributed by atoms with Crippen molar-refractivity contribution < 1.29 is 20.1 Å². The van der Waals surface area contributed by atoms with Gasteiger partial charge in [0.05, 0.1) is 18.8 Å². The van der Waals surface area contributed by atoms with E-state index < -0.39 is 30.2 Å². The van der Waals surface area contributed by atoms with Crippen molar-refractivity contribution in [2.45, 2.75) is 44.3 Å². The lowest BCUT2D eigenvalue weighted by Gasteiger charge is -2.17. The normalized spacial score (nSPS) is 27.7. The molecule has 1 aliphatic heterocycles. The maximum Gasteiger partial charge on any atom is 0.351 e. The van der Waals surface area contributed by atoms with Crippen molar-refractivity contribution >= 4 is 5.82 Å². The van der Waals surface area contributed by atoms with E-state index in [1.165, 1.54) is 10.8 Å². The average molecular weight is 285 g/mol. The van der Waals surface area contributed by atoms with E-state index in [2.05, 4.69) is 4.98 Å². The van der Waals surface area contributed by atoms with Gasteiger partial charge in [0.2, 0.25) is 0 Å². The molecule has 112 valence electrons. The molecule has 0 amide bonds. The van der Waals surface area contributed by atoms with Gasteiger partial charge in [-0.15, -0.1) is 0 Å². The molecular weight excluding hydrogens is 266 g/mol. The summed E-state index contributed by atoms with van der Waals surface area (Å²) in [7, 11) is 0. The third-order valence-electron chi connectivity index (χ3n) is 3.45. The van der Waals surface area contributed by atoms with Gasteiger partial charge in [-0.3, -0.25) is 4.57 Å². The predicted molar refractivity (Wildman–Crippen MR) is 69.8 cm³/mol. The Morgan fingerprint density at radius 1 is 1.65 bits per heavy atom. The van der Waals surface area contributed by atoms with E-state index in [1.807, 2.05) is 0 Å². The number of nitrogen functional groups attached to an aromatic ring is 1. The number of hydrogen-bond acceptors (Lipinski definition) is 7. The van der Waals surface area contributed by atoms with Crippen molar-refractivity contribution in [1.82, 2.24) is 9.55 Å². The molecule has 8 heteroatoms. The Balaban J connectivity index is 2.35. The van der Waals surface area contributed by atoms with E-state index in [-0.39, 0.29) is 18.8 Å². The van der Waals surface area contributed by atoms with E-state index >= 15 is 0 Å². The summed E-state index contributed by atoms with van der Waals surface area (Å²) >= 11 is 0. The van der Waals surface area contributed by atoms with Crippen LogP contribution in [0.15, 0.2) is 11.0 Å². The number of rotatable bonds is 4. The Hall–Kier alpha value is -1.48. The van der Waals surface area contributed by atoms with Crippen molar-refractivity contribution in [3.63, 3.8) is 0 Å². The zero-order valence-corrected chi connectivity index (χ0v) is 11.1. The summed E-state index contributed by atoms with van der Waals surface area (Å²) in [6.07, 6.45) is -1.15. The van der Waals surface area contributed by atoms with Crippen LogP contribution in [-0.4, -0.2) is 43.7 Å². The Labute approximate surface area is 115 Å². The Bertz CT molecular complexity index is 532. The molecule has 0 radical (unpaired) electrons. The summed E-state index contributed by atoms with van der Waals surface area (Å²) < 4.78 is 6.58. The number of ether oxygens (including phenoxy) is 1. The predicted octanol–water partition coefficient (Wildman–Crippen LogP) is -1.09. The summed E-state index contributed by atoms with van der Waals surface area (Å²) in [6.45, 7) is 1.44. The molecule has 8 nitrogen and oxygen atoms in total. The van der Waals surface area contributed by atoms with E-state index in [0.29, 0.717) is 12.0 Å². The van der Waals surface area contributed by atoms with Crippen LogP contribution in [0.3, 0.4) is 0 Å². The Morgan fingerprint density at radius 2 is 2.35 bits per heavy atom. The molecule has 0 spiro atoms. The molecule has 2 rings (SSSR count). The first-order chi connectivity index (χ1) is 9.47. The molecule has 0 aliphatic carbocycles. The minimum atomic E-state index is -0.853. The summed E-state index contributed by atoms with van der Waals surface area (Å²) in [4.78, 5) is 15.5.